The van der Waals surface area contributed by atoms with Crippen molar-refractivity contribution >= 4 is 0 Å². The molecule has 3 heteroatoms. The van der Waals surface area contributed by atoms with E-state index in [9.17, 15) is 0 Å². The molecule has 1 heterocycles. The van der Waals surface area contributed by atoms with Gasteiger partial charge in [0.1, 0.15) is 0 Å². The van der Waals surface area contributed by atoms with Crippen LogP contribution in [-0.4, -0.2) is 42.8 Å². The number of likely N-dealkylation sites (tertiary alicyclic amines) is 1. The zero-order valence-electron chi connectivity index (χ0n) is 10.6. The standard InChI is InChI=1S/C12H26N2O/c1-10-5-6-14(11(10)9-13)7-8-15-12(2,3)4/h10-11H,5-9,13H2,1-4H3. The Kier molecular flexibility index (Phi) is 4.56. The van der Waals surface area contributed by atoms with Gasteiger partial charge in [0.05, 0.1) is 12.2 Å². The van der Waals surface area contributed by atoms with Crippen LogP contribution in [0, 0.1) is 5.92 Å². The Labute approximate surface area is 94.0 Å². The minimum Gasteiger partial charge on any atom is -0.375 e. The average molecular weight is 214 g/mol. The van der Waals surface area contributed by atoms with Gasteiger partial charge in [-0.05, 0) is 39.7 Å². The van der Waals surface area contributed by atoms with Crippen molar-refractivity contribution in [1.29, 1.82) is 0 Å². The van der Waals surface area contributed by atoms with E-state index < -0.39 is 0 Å². The molecule has 0 aromatic heterocycles. The van der Waals surface area contributed by atoms with Crippen LogP contribution in [-0.2, 0) is 4.74 Å². The lowest BCUT2D eigenvalue weighted by atomic mass is 10.0. The minimum absolute atomic E-state index is 0.0243. The molecule has 0 aromatic rings. The van der Waals surface area contributed by atoms with Gasteiger partial charge in [-0.2, -0.15) is 0 Å². The SMILES string of the molecule is CC1CCN(CCOC(C)(C)C)C1CN. The topological polar surface area (TPSA) is 38.5 Å². The molecule has 0 saturated carbocycles. The summed E-state index contributed by atoms with van der Waals surface area (Å²) in [5.74, 6) is 0.740. The molecule has 1 saturated heterocycles. The number of hydrogen-bond acceptors (Lipinski definition) is 3. The number of hydrogen-bond donors (Lipinski definition) is 1. The van der Waals surface area contributed by atoms with Crippen molar-refractivity contribution < 1.29 is 4.74 Å². The predicted octanol–water partition coefficient (Wildman–Crippen LogP) is 1.47. The third-order valence-corrected chi connectivity index (χ3v) is 3.15. The molecule has 0 bridgehead atoms. The Bertz CT molecular complexity index is 189. The average Bonchev–Trinajstić information content (AvgIpc) is 2.44. The van der Waals surface area contributed by atoms with Crippen LogP contribution in [0.15, 0.2) is 0 Å². The van der Waals surface area contributed by atoms with Gasteiger partial charge in [-0.1, -0.05) is 6.92 Å². The molecule has 1 aliphatic heterocycles. The predicted molar refractivity (Wildman–Crippen MR) is 63.9 cm³/mol. The Morgan fingerprint density at radius 3 is 2.60 bits per heavy atom. The maximum absolute atomic E-state index is 5.79. The third-order valence-electron chi connectivity index (χ3n) is 3.15. The summed E-state index contributed by atoms with van der Waals surface area (Å²) >= 11 is 0. The van der Waals surface area contributed by atoms with Crippen LogP contribution in [0.25, 0.3) is 0 Å². The highest BCUT2D eigenvalue weighted by Crippen LogP contribution is 2.22. The Balaban J connectivity index is 2.27. The molecule has 1 fully saturated rings. The van der Waals surface area contributed by atoms with Crippen molar-refractivity contribution in [2.24, 2.45) is 11.7 Å². The van der Waals surface area contributed by atoms with E-state index in [4.69, 9.17) is 10.5 Å². The summed E-state index contributed by atoms with van der Waals surface area (Å²) in [7, 11) is 0. The molecule has 90 valence electrons. The molecule has 2 N–H and O–H groups in total. The molecular weight excluding hydrogens is 188 g/mol. The quantitative estimate of drug-likeness (QED) is 0.770. The van der Waals surface area contributed by atoms with Crippen LogP contribution in [0.2, 0.25) is 0 Å². The van der Waals surface area contributed by atoms with Crippen molar-refractivity contribution in [3.8, 4) is 0 Å². The number of nitrogens with two attached hydrogens (primary N) is 1. The number of ether oxygens (including phenoxy) is 1. The van der Waals surface area contributed by atoms with Crippen LogP contribution in [0.5, 0.6) is 0 Å². The van der Waals surface area contributed by atoms with Crippen LogP contribution >= 0.6 is 0 Å². The van der Waals surface area contributed by atoms with Gasteiger partial charge in [0.15, 0.2) is 0 Å². The van der Waals surface area contributed by atoms with Crippen LogP contribution in [0.4, 0.5) is 0 Å². The van der Waals surface area contributed by atoms with E-state index >= 15 is 0 Å². The van der Waals surface area contributed by atoms with Crippen LogP contribution in [0.1, 0.15) is 34.1 Å². The lowest BCUT2D eigenvalue weighted by Gasteiger charge is -2.27. The summed E-state index contributed by atoms with van der Waals surface area (Å²) in [6, 6.07) is 0.563. The van der Waals surface area contributed by atoms with Gasteiger partial charge in [0.25, 0.3) is 0 Å². The van der Waals surface area contributed by atoms with Gasteiger partial charge in [-0.15, -0.1) is 0 Å². The molecule has 15 heavy (non-hydrogen) atoms. The maximum Gasteiger partial charge on any atom is 0.0600 e. The molecule has 3 nitrogen and oxygen atoms in total. The van der Waals surface area contributed by atoms with Gasteiger partial charge in [-0.25, -0.2) is 0 Å². The van der Waals surface area contributed by atoms with Crippen molar-refractivity contribution in [3.63, 3.8) is 0 Å². The Morgan fingerprint density at radius 2 is 2.07 bits per heavy atom. The second-order valence-electron chi connectivity index (χ2n) is 5.57. The van der Waals surface area contributed by atoms with Gasteiger partial charge < -0.3 is 10.5 Å². The normalized spacial score (nSPS) is 28.6. The van der Waals surface area contributed by atoms with Gasteiger partial charge in [-0.3, -0.25) is 4.90 Å². The van der Waals surface area contributed by atoms with E-state index in [0.717, 1.165) is 25.6 Å². The van der Waals surface area contributed by atoms with Crippen molar-refractivity contribution in [3.05, 3.63) is 0 Å². The second-order valence-corrected chi connectivity index (χ2v) is 5.57. The van der Waals surface area contributed by atoms with Crippen molar-refractivity contribution in [2.75, 3.05) is 26.2 Å². The van der Waals surface area contributed by atoms with Gasteiger partial charge in [0, 0.05) is 19.1 Å². The van der Waals surface area contributed by atoms with Crippen molar-refractivity contribution in [1.82, 2.24) is 4.90 Å². The highest BCUT2D eigenvalue weighted by Gasteiger charge is 2.29. The van der Waals surface area contributed by atoms with Crippen molar-refractivity contribution in [2.45, 2.75) is 45.8 Å². The number of rotatable bonds is 4. The van der Waals surface area contributed by atoms with E-state index in [-0.39, 0.29) is 5.60 Å². The van der Waals surface area contributed by atoms with Crippen LogP contribution < -0.4 is 5.73 Å². The first-order valence-electron chi connectivity index (χ1n) is 6.02. The monoisotopic (exact) mass is 214 g/mol. The molecule has 0 spiro atoms. The van der Waals surface area contributed by atoms with E-state index in [1.54, 1.807) is 0 Å². The maximum atomic E-state index is 5.79. The molecule has 1 rings (SSSR count). The largest absolute Gasteiger partial charge is 0.375 e. The lowest BCUT2D eigenvalue weighted by molar-refractivity contribution is -0.0146. The highest BCUT2D eigenvalue weighted by molar-refractivity contribution is 4.85. The summed E-state index contributed by atoms with van der Waals surface area (Å²) in [6.07, 6.45) is 1.28. The summed E-state index contributed by atoms with van der Waals surface area (Å²) in [5, 5.41) is 0. The molecule has 2 atom stereocenters. The fourth-order valence-corrected chi connectivity index (χ4v) is 2.22. The Hall–Kier alpha value is -0.120. The molecule has 2 unspecified atom stereocenters. The summed E-state index contributed by atoms with van der Waals surface area (Å²) < 4.78 is 5.74. The van der Waals surface area contributed by atoms with E-state index in [2.05, 4.69) is 32.6 Å². The molecule has 0 aliphatic carbocycles. The smallest absolute Gasteiger partial charge is 0.0600 e. The minimum atomic E-state index is -0.0243. The summed E-state index contributed by atoms with van der Waals surface area (Å²) in [5.41, 5.74) is 5.77. The fourth-order valence-electron chi connectivity index (χ4n) is 2.22. The number of nitrogens with zero attached hydrogens (tertiary/aromatic N) is 1. The van der Waals surface area contributed by atoms with Crippen LogP contribution in [0.3, 0.4) is 0 Å². The second kappa shape index (κ2) is 5.28. The van der Waals surface area contributed by atoms with Gasteiger partial charge in [0.2, 0.25) is 0 Å². The highest BCUT2D eigenvalue weighted by atomic mass is 16.5. The molecule has 0 aromatic carbocycles. The van der Waals surface area contributed by atoms with E-state index in [0.29, 0.717) is 6.04 Å². The molecule has 0 radical (unpaired) electrons. The molecular formula is C12H26N2O. The zero-order chi connectivity index (χ0) is 11.5. The lowest BCUT2D eigenvalue weighted by Crippen LogP contribution is -2.40. The first kappa shape index (κ1) is 12.9. The first-order chi connectivity index (χ1) is 6.94. The first-order valence-corrected chi connectivity index (χ1v) is 6.02. The molecule has 1 aliphatic rings. The third kappa shape index (κ3) is 4.09. The van der Waals surface area contributed by atoms with E-state index in [1.165, 1.54) is 13.0 Å². The fraction of sp³-hybridized carbons (Fsp3) is 1.00. The van der Waals surface area contributed by atoms with Gasteiger partial charge >= 0.3 is 0 Å². The van der Waals surface area contributed by atoms with E-state index in [1.807, 2.05) is 0 Å². The molecule has 0 amide bonds. The summed E-state index contributed by atoms with van der Waals surface area (Å²) in [6.45, 7) is 12.4. The zero-order valence-corrected chi connectivity index (χ0v) is 10.6. The Morgan fingerprint density at radius 1 is 1.40 bits per heavy atom. The summed E-state index contributed by atoms with van der Waals surface area (Å²) in [4.78, 5) is 2.47.